The van der Waals surface area contributed by atoms with E-state index in [4.69, 9.17) is 5.11 Å². The summed E-state index contributed by atoms with van der Waals surface area (Å²) in [6.07, 6.45) is 3.15. The second-order valence-corrected chi connectivity index (χ2v) is 4.09. The SMILES string of the molecule is Cc1cncc(C(=O)Nc2ccc(C(=O)O)cc2)c1. The van der Waals surface area contributed by atoms with Gasteiger partial charge in [-0.25, -0.2) is 4.79 Å². The van der Waals surface area contributed by atoms with Crippen molar-refractivity contribution in [2.75, 3.05) is 5.32 Å². The monoisotopic (exact) mass is 256 g/mol. The predicted molar refractivity (Wildman–Crippen MR) is 70.3 cm³/mol. The Morgan fingerprint density at radius 1 is 1.11 bits per heavy atom. The molecule has 0 aliphatic rings. The van der Waals surface area contributed by atoms with Crippen LogP contribution >= 0.6 is 0 Å². The summed E-state index contributed by atoms with van der Waals surface area (Å²) in [6.45, 7) is 1.85. The van der Waals surface area contributed by atoms with E-state index >= 15 is 0 Å². The van der Waals surface area contributed by atoms with E-state index in [-0.39, 0.29) is 11.5 Å². The van der Waals surface area contributed by atoms with Gasteiger partial charge in [0.2, 0.25) is 0 Å². The van der Waals surface area contributed by atoms with E-state index in [0.29, 0.717) is 11.3 Å². The van der Waals surface area contributed by atoms with Crippen LogP contribution < -0.4 is 5.32 Å². The van der Waals surface area contributed by atoms with Gasteiger partial charge in [-0.1, -0.05) is 0 Å². The first-order chi connectivity index (χ1) is 9.06. The number of rotatable bonds is 3. The largest absolute Gasteiger partial charge is 0.478 e. The van der Waals surface area contributed by atoms with Crippen molar-refractivity contribution >= 4 is 17.6 Å². The van der Waals surface area contributed by atoms with Gasteiger partial charge in [0.25, 0.3) is 5.91 Å². The number of carboxylic acids is 1. The van der Waals surface area contributed by atoms with Gasteiger partial charge < -0.3 is 10.4 Å². The second-order valence-electron chi connectivity index (χ2n) is 4.09. The number of hydrogen-bond acceptors (Lipinski definition) is 3. The Morgan fingerprint density at radius 2 is 1.79 bits per heavy atom. The number of aryl methyl sites for hydroxylation is 1. The van der Waals surface area contributed by atoms with Gasteiger partial charge in [-0.15, -0.1) is 0 Å². The van der Waals surface area contributed by atoms with Crippen molar-refractivity contribution in [2.45, 2.75) is 6.92 Å². The first kappa shape index (κ1) is 12.8. The van der Waals surface area contributed by atoms with Gasteiger partial charge in [0.05, 0.1) is 11.1 Å². The third-order valence-electron chi connectivity index (χ3n) is 2.53. The van der Waals surface area contributed by atoms with Crippen molar-refractivity contribution in [1.82, 2.24) is 4.98 Å². The number of hydrogen-bond donors (Lipinski definition) is 2. The van der Waals surface area contributed by atoms with Gasteiger partial charge >= 0.3 is 5.97 Å². The van der Waals surface area contributed by atoms with Crippen LogP contribution in [-0.4, -0.2) is 22.0 Å². The van der Waals surface area contributed by atoms with Gasteiger partial charge in [-0.2, -0.15) is 0 Å². The molecule has 0 saturated carbocycles. The summed E-state index contributed by atoms with van der Waals surface area (Å²) in [6, 6.07) is 7.70. The van der Waals surface area contributed by atoms with E-state index in [1.54, 1.807) is 24.4 Å². The highest BCUT2D eigenvalue weighted by Gasteiger charge is 2.07. The van der Waals surface area contributed by atoms with Crippen molar-refractivity contribution in [1.29, 1.82) is 0 Å². The fraction of sp³-hybridized carbons (Fsp3) is 0.0714. The molecule has 0 fully saturated rings. The Bertz CT molecular complexity index is 621. The zero-order chi connectivity index (χ0) is 13.8. The van der Waals surface area contributed by atoms with E-state index in [9.17, 15) is 9.59 Å². The number of aromatic nitrogens is 1. The molecule has 0 aliphatic carbocycles. The molecule has 0 saturated heterocycles. The van der Waals surface area contributed by atoms with Crippen LogP contribution in [0.25, 0.3) is 0 Å². The van der Waals surface area contributed by atoms with Crippen LogP contribution in [0.4, 0.5) is 5.69 Å². The lowest BCUT2D eigenvalue weighted by atomic mass is 10.2. The number of aromatic carboxylic acids is 1. The van der Waals surface area contributed by atoms with Crippen molar-refractivity contribution in [3.8, 4) is 0 Å². The normalized spacial score (nSPS) is 9.95. The molecule has 96 valence electrons. The van der Waals surface area contributed by atoms with Crippen LogP contribution in [0, 0.1) is 6.92 Å². The standard InChI is InChI=1S/C14H12N2O3/c1-9-6-11(8-15-7-9)13(17)16-12-4-2-10(3-5-12)14(18)19/h2-8H,1H3,(H,16,17)(H,18,19). The summed E-state index contributed by atoms with van der Waals surface area (Å²) in [7, 11) is 0. The maximum absolute atomic E-state index is 11.9. The van der Waals surface area contributed by atoms with E-state index in [1.807, 2.05) is 6.92 Å². The minimum absolute atomic E-state index is 0.176. The molecule has 0 aliphatic heterocycles. The van der Waals surface area contributed by atoms with Gasteiger partial charge in [0, 0.05) is 18.1 Å². The van der Waals surface area contributed by atoms with E-state index in [2.05, 4.69) is 10.3 Å². The van der Waals surface area contributed by atoms with Crippen LogP contribution in [0.15, 0.2) is 42.7 Å². The fourth-order valence-corrected chi connectivity index (χ4v) is 1.58. The summed E-state index contributed by atoms with van der Waals surface area (Å²) >= 11 is 0. The second kappa shape index (κ2) is 5.30. The van der Waals surface area contributed by atoms with E-state index in [1.165, 1.54) is 18.3 Å². The van der Waals surface area contributed by atoms with E-state index in [0.717, 1.165) is 5.56 Å². The molecular weight excluding hydrogens is 244 g/mol. The smallest absolute Gasteiger partial charge is 0.335 e. The van der Waals surface area contributed by atoms with Crippen molar-refractivity contribution in [3.05, 3.63) is 59.4 Å². The molecule has 1 aromatic carbocycles. The number of pyridine rings is 1. The molecule has 2 N–H and O–H groups in total. The molecule has 1 amide bonds. The van der Waals surface area contributed by atoms with Crippen LogP contribution in [-0.2, 0) is 0 Å². The first-order valence-electron chi connectivity index (χ1n) is 5.62. The molecule has 2 aromatic rings. The number of nitrogens with one attached hydrogen (secondary N) is 1. The van der Waals surface area contributed by atoms with Crippen LogP contribution in [0.5, 0.6) is 0 Å². The fourth-order valence-electron chi connectivity index (χ4n) is 1.58. The van der Waals surface area contributed by atoms with Crippen molar-refractivity contribution in [3.63, 3.8) is 0 Å². The molecule has 0 bridgehead atoms. The van der Waals surface area contributed by atoms with Crippen molar-refractivity contribution < 1.29 is 14.7 Å². The molecule has 5 heteroatoms. The van der Waals surface area contributed by atoms with E-state index < -0.39 is 5.97 Å². The van der Waals surface area contributed by atoms with Gasteiger partial charge in [0.1, 0.15) is 0 Å². The lowest BCUT2D eigenvalue weighted by Gasteiger charge is -2.05. The van der Waals surface area contributed by atoms with Crippen LogP contribution in [0.3, 0.4) is 0 Å². The molecule has 1 heterocycles. The Balaban J connectivity index is 2.13. The molecule has 2 rings (SSSR count). The molecule has 0 radical (unpaired) electrons. The Hall–Kier alpha value is -2.69. The maximum Gasteiger partial charge on any atom is 0.335 e. The Labute approximate surface area is 109 Å². The molecule has 5 nitrogen and oxygen atoms in total. The minimum atomic E-state index is -0.999. The third kappa shape index (κ3) is 3.16. The van der Waals surface area contributed by atoms with Gasteiger partial charge in [-0.05, 0) is 42.8 Å². The summed E-state index contributed by atoms with van der Waals surface area (Å²) in [4.78, 5) is 26.6. The quantitative estimate of drug-likeness (QED) is 0.883. The molecule has 1 aromatic heterocycles. The average molecular weight is 256 g/mol. The van der Waals surface area contributed by atoms with Crippen LogP contribution in [0.2, 0.25) is 0 Å². The lowest BCUT2D eigenvalue weighted by Crippen LogP contribution is -2.12. The lowest BCUT2D eigenvalue weighted by molar-refractivity contribution is 0.0696. The average Bonchev–Trinajstić information content (AvgIpc) is 2.39. The summed E-state index contributed by atoms with van der Waals surface area (Å²) < 4.78 is 0. The molecular formula is C14H12N2O3. The molecule has 0 atom stereocenters. The number of benzene rings is 1. The molecule has 0 spiro atoms. The maximum atomic E-state index is 11.9. The topological polar surface area (TPSA) is 79.3 Å². The summed E-state index contributed by atoms with van der Waals surface area (Å²) in [5.74, 6) is -1.28. The minimum Gasteiger partial charge on any atom is -0.478 e. The third-order valence-corrected chi connectivity index (χ3v) is 2.53. The number of carbonyl (C=O) groups excluding carboxylic acids is 1. The highest BCUT2D eigenvalue weighted by atomic mass is 16.4. The Kier molecular flexibility index (Phi) is 3.56. The number of anilines is 1. The Morgan fingerprint density at radius 3 is 2.37 bits per heavy atom. The van der Waals surface area contributed by atoms with Crippen molar-refractivity contribution in [2.24, 2.45) is 0 Å². The summed E-state index contributed by atoms with van der Waals surface area (Å²) in [5, 5.41) is 11.5. The first-order valence-corrected chi connectivity index (χ1v) is 5.62. The zero-order valence-corrected chi connectivity index (χ0v) is 10.3. The number of carbonyl (C=O) groups is 2. The number of carboxylic acid groups (broad SMARTS) is 1. The predicted octanol–water partition coefficient (Wildman–Crippen LogP) is 2.34. The van der Waals surface area contributed by atoms with Crippen LogP contribution in [0.1, 0.15) is 26.3 Å². The highest BCUT2D eigenvalue weighted by Crippen LogP contribution is 2.11. The highest BCUT2D eigenvalue weighted by molar-refractivity contribution is 6.04. The number of amides is 1. The van der Waals surface area contributed by atoms with Gasteiger partial charge in [0.15, 0.2) is 0 Å². The molecule has 19 heavy (non-hydrogen) atoms. The molecule has 0 unspecified atom stereocenters. The van der Waals surface area contributed by atoms with Gasteiger partial charge in [-0.3, -0.25) is 9.78 Å². The summed E-state index contributed by atoms with van der Waals surface area (Å²) in [5.41, 5.74) is 2.07. The number of nitrogens with zero attached hydrogens (tertiary/aromatic N) is 1. The zero-order valence-electron chi connectivity index (χ0n) is 10.3.